The van der Waals surface area contributed by atoms with E-state index in [1.165, 1.54) is 22.3 Å². The Balaban J connectivity index is 2.13. The van der Waals surface area contributed by atoms with E-state index in [0.717, 1.165) is 13.1 Å². The highest BCUT2D eigenvalue weighted by Gasteiger charge is 2.16. The van der Waals surface area contributed by atoms with Crippen molar-refractivity contribution in [2.24, 2.45) is 0 Å². The molecule has 0 saturated heterocycles. The summed E-state index contributed by atoms with van der Waals surface area (Å²) in [5.74, 6) is 0. The predicted molar refractivity (Wildman–Crippen MR) is 76.0 cm³/mol. The second kappa shape index (κ2) is 4.69. The average Bonchev–Trinajstić information content (AvgIpc) is 2.47. The smallest absolute Gasteiger partial charge is 0.0430 e. The van der Waals surface area contributed by atoms with Crippen LogP contribution in [0.3, 0.4) is 0 Å². The predicted octanol–water partition coefficient (Wildman–Crippen LogP) is 3.91. The van der Waals surface area contributed by atoms with Gasteiger partial charge in [-0.25, -0.2) is 0 Å². The van der Waals surface area contributed by atoms with Crippen LogP contribution in [0.5, 0.6) is 0 Å². The molecule has 3 rings (SSSR count). The lowest BCUT2D eigenvalue weighted by atomic mass is 9.92. The summed E-state index contributed by atoms with van der Waals surface area (Å²) >= 11 is 0. The number of hydrogen-bond acceptors (Lipinski definition) is 1. The molecule has 0 aromatic heterocycles. The van der Waals surface area contributed by atoms with Gasteiger partial charge in [0.2, 0.25) is 0 Å². The molecule has 0 aliphatic carbocycles. The molecule has 0 atom stereocenters. The van der Waals surface area contributed by atoms with Crippen LogP contribution in [0, 0.1) is 0 Å². The molecule has 0 saturated carbocycles. The van der Waals surface area contributed by atoms with Gasteiger partial charge in [-0.2, -0.15) is 0 Å². The first kappa shape index (κ1) is 11.1. The number of benzene rings is 2. The summed E-state index contributed by atoms with van der Waals surface area (Å²) in [5.41, 5.74) is 5.41. The summed E-state index contributed by atoms with van der Waals surface area (Å²) in [6, 6.07) is 19.3. The van der Waals surface area contributed by atoms with Gasteiger partial charge in [-0.1, -0.05) is 54.6 Å². The molecular formula is C17H17N. The van der Waals surface area contributed by atoms with Crippen LogP contribution in [0.2, 0.25) is 0 Å². The quantitative estimate of drug-likeness (QED) is 0.762. The first-order chi connectivity index (χ1) is 8.88. The summed E-state index contributed by atoms with van der Waals surface area (Å²) in [6.07, 6.45) is 2.29. The van der Waals surface area contributed by atoms with Crippen molar-refractivity contribution in [1.82, 2.24) is 4.90 Å². The molecule has 1 aliphatic rings. The first-order valence-corrected chi connectivity index (χ1v) is 6.48. The molecular weight excluding hydrogens is 218 g/mol. The van der Waals surface area contributed by atoms with Gasteiger partial charge in [-0.3, -0.25) is 0 Å². The van der Waals surface area contributed by atoms with Gasteiger partial charge in [0, 0.05) is 24.9 Å². The minimum atomic E-state index is 1.02. The summed E-state index contributed by atoms with van der Waals surface area (Å²) in [5, 5.41) is 0. The molecule has 2 aromatic rings. The highest BCUT2D eigenvalue weighted by Crippen LogP contribution is 2.31. The van der Waals surface area contributed by atoms with Crippen LogP contribution in [0.1, 0.15) is 23.6 Å². The minimum Gasteiger partial charge on any atom is -0.373 e. The molecule has 18 heavy (non-hydrogen) atoms. The monoisotopic (exact) mass is 235 g/mol. The summed E-state index contributed by atoms with van der Waals surface area (Å²) in [6.45, 7) is 4.26. The summed E-state index contributed by atoms with van der Waals surface area (Å²) in [7, 11) is 0. The van der Waals surface area contributed by atoms with Crippen molar-refractivity contribution in [3.8, 4) is 0 Å². The van der Waals surface area contributed by atoms with Crippen LogP contribution in [0.25, 0.3) is 5.57 Å². The average molecular weight is 235 g/mol. The fourth-order valence-electron chi connectivity index (χ4n) is 2.49. The Morgan fingerprint density at radius 2 is 1.67 bits per heavy atom. The topological polar surface area (TPSA) is 3.24 Å². The molecule has 0 amide bonds. The van der Waals surface area contributed by atoms with Crippen molar-refractivity contribution in [2.75, 3.05) is 6.54 Å². The van der Waals surface area contributed by atoms with Crippen LogP contribution in [0.4, 0.5) is 0 Å². The Hall–Kier alpha value is -2.02. The lowest BCUT2D eigenvalue weighted by molar-refractivity contribution is 0.386. The Kier molecular flexibility index (Phi) is 2.89. The zero-order valence-electron chi connectivity index (χ0n) is 10.6. The van der Waals surface area contributed by atoms with Gasteiger partial charge in [-0.05, 0) is 23.6 Å². The number of hydrogen-bond donors (Lipinski definition) is 0. The largest absolute Gasteiger partial charge is 0.373 e. The molecule has 0 fully saturated rings. The SMILES string of the molecule is CCN1C=C(c2ccccc2)c2ccccc2C1. The van der Waals surface area contributed by atoms with Crippen molar-refractivity contribution in [3.05, 3.63) is 77.5 Å². The van der Waals surface area contributed by atoms with Gasteiger partial charge in [0.1, 0.15) is 0 Å². The fraction of sp³-hybridized carbons (Fsp3) is 0.176. The number of nitrogens with zero attached hydrogens (tertiary/aromatic N) is 1. The van der Waals surface area contributed by atoms with Crippen LogP contribution < -0.4 is 0 Å². The maximum atomic E-state index is 2.37. The molecule has 1 aliphatic heterocycles. The Morgan fingerprint density at radius 3 is 2.44 bits per heavy atom. The maximum Gasteiger partial charge on any atom is 0.0430 e. The zero-order chi connectivity index (χ0) is 12.4. The van der Waals surface area contributed by atoms with E-state index in [0.29, 0.717) is 0 Å². The molecule has 0 spiro atoms. The molecule has 1 heteroatoms. The Labute approximate surface area is 108 Å². The Bertz CT molecular complexity index is 569. The van der Waals surface area contributed by atoms with Gasteiger partial charge >= 0.3 is 0 Å². The van der Waals surface area contributed by atoms with E-state index >= 15 is 0 Å². The number of rotatable bonds is 2. The van der Waals surface area contributed by atoms with E-state index in [1.54, 1.807) is 0 Å². The molecule has 1 heterocycles. The van der Waals surface area contributed by atoms with Crippen LogP contribution >= 0.6 is 0 Å². The van der Waals surface area contributed by atoms with Gasteiger partial charge in [-0.15, -0.1) is 0 Å². The summed E-state index contributed by atoms with van der Waals surface area (Å²) < 4.78 is 0. The zero-order valence-corrected chi connectivity index (χ0v) is 10.6. The van der Waals surface area contributed by atoms with Gasteiger partial charge in [0.15, 0.2) is 0 Å². The highest BCUT2D eigenvalue weighted by molar-refractivity contribution is 5.82. The van der Waals surface area contributed by atoms with Gasteiger partial charge in [0.25, 0.3) is 0 Å². The third-order valence-electron chi connectivity index (χ3n) is 3.48. The highest BCUT2D eigenvalue weighted by atomic mass is 15.1. The first-order valence-electron chi connectivity index (χ1n) is 6.48. The van der Waals surface area contributed by atoms with Crippen LogP contribution in [-0.4, -0.2) is 11.4 Å². The van der Waals surface area contributed by atoms with Crippen molar-refractivity contribution in [1.29, 1.82) is 0 Å². The van der Waals surface area contributed by atoms with Crippen molar-refractivity contribution >= 4 is 5.57 Å². The van der Waals surface area contributed by atoms with Gasteiger partial charge < -0.3 is 4.90 Å². The molecule has 0 radical (unpaired) electrons. The van der Waals surface area contributed by atoms with Crippen LogP contribution in [-0.2, 0) is 6.54 Å². The second-order valence-corrected chi connectivity index (χ2v) is 4.63. The number of fused-ring (bicyclic) bond motifs is 1. The molecule has 90 valence electrons. The molecule has 2 aromatic carbocycles. The molecule has 0 unspecified atom stereocenters. The van der Waals surface area contributed by atoms with E-state index in [1.807, 2.05) is 0 Å². The van der Waals surface area contributed by atoms with E-state index in [-0.39, 0.29) is 0 Å². The Morgan fingerprint density at radius 1 is 0.944 bits per heavy atom. The minimum absolute atomic E-state index is 1.02. The maximum absolute atomic E-state index is 2.37. The third kappa shape index (κ3) is 1.92. The lowest BCUT2D eigenvalue weighted by Gasteiger charge is -2.28. The van der Waals surface area contributed by atoms with E-state index in [2.05, 4.69) is 72.6 Å². The van der Waals surface area contributed by atoms with E-state index in [4.69, 9.17) is 0 Å². The standard InChI is InChI=1S/C17H17N/c1-2-18-12-15-10-6-7-11-16(15)17(13-18)14-8-4-3-5-9-14/h3-11,13H,2,12H2,1H3. The lowest BCUT2D eigenvalue weighted by Crippen LogP contribution is -2.21. The molecule has 1 nitrogen and oxygen atoms in total. The molecule has 0 N–H and O–H groups in total. The van der Waals surface area contributed by atoms with Crippen molar-refractivity contribution < 1.29 is 0 Å². The van der Waals surface area contributed by atoms with Gasteiger partial charge in [0.05, 0.1) is 0 Å². The van der Waals surface area contributed by atoms with E-state index in [9.17, 15) is 0 Å². The second-order valence-electron chi connectivity index (χ2n) is 4.63. The normalized spacial score (nSPS) is 14.1. The summed E-state index contributed by atoms with van der Waals surface area (Å²) in [4.78, 5) is 2.37. The van der Waals surface area contributed by atoms with Crippen molar-refractivity contribution in [2.45, 2.75) is 13.5 Å². The van der Waals surface area contributed by atoms with E-state index < -0.39 is 0 Å². The van der Waals surface area contributed by atoms with Crippen molar-refractivity contribution in [3.63, 3.8) is 0 Å². The third-order valence-corrected chi connectivity index (χ3v) is 3.48. The fourth-order valence-corrected chi connectivity index (χ4v) is 2.49. The molecule has 0 bridgehead atoms. The van der Waals surface area contributed by atoms with Crippen LogP contribution in [0.15, 0.2) is 60.8 Å².